The fourth-order valence-corrected chi connectivity index (χ4v) is 4.13. The Bertz CT molecular complexity index is 890. The molecule has 1 saturated heterocycles. The van der Waals surface area contributed by atoms with Crippen molar-refractivity contribution >= 4 is 38.8 Å². The predicted octanol–water partition coefficient (Wildman–Crippen LogP) is 3.03. The van der Waals surface area contributed by atoms with Gasteiger partial charge in [-0.05, 0) is 31.2 Å². The molecule has 4 rings (SSSR count). The van der Waals surface area contributed by atoms with Gasteiger partial charge in [0.25, 0.3) is 5.91 Å². The van der Waals surface area contributed by atoms with E-state index in [2.05, 4.69) is 21.4 Å². The lowest BCUT2D eigenvalue weighted by Gasteiger charge is -2.29. The maximum atomic E-state index is 12.6. The molecule has 6 nitrogen and oxygen atoms in total. The van der Waals surface area contributed by atoms with Gasteiger partial charge < -0.3 is 15.0 Å². The standard InChI is InChI=1S/C18H20N4O2S/c1-12-15-11-16(25-18(15)21(2)20-12)17(23)19-13-4-3-5-14(10-13)22-6-8-24-9-7-22/h3-5,10-11H,6-9H2,1-2H3,(H,19,23). The molecule has 0 saturated carbocycles. The third-order valence-corrected chi connectivity index (χ3v) is 5.60. The normalized spacial score (nSPS) is 14.9. The Morgan fingerprint density at radius 3 is 2.84 bits per heavy atom. The van der Waals surface area contributed by atoms with Crippen LogP contribution >= 0.6 is 11.3 Å². The van der Waals surface area contributed by atoms with Gasteiger partial charge in [0.05, 0.1) is 23.8 Å². The number of carbonyl (C=O) groups excluding carboxylic acids is 1. The average molecular weight is 356 g/mol. The number of hydrogen-bond acceptors (Lipinski definition) is 5. The molecular formula is C18H20N4O2S. The van der Waals surface area contributed by atoms with Crippen LogP contribution < -0.4 is 10.2 Å². The van der Waals surface area contributed by atoms with Gasteiger partial charge in [-0.15, -0.1) is 11.3 Å². The van der Waals surface area contributed by atoms with Gasteiger partial charge in [0.2, 0.25) is 0 Å². The van der Waals surface area contributed by atoms with Crippen molar-refractivity contribution in [3.63, 3.8) is 0 Å². The Kier molecular flexibility index (Phi) is 4.19. The highest BCUT2D eigenvalue weighted by atomic mass is 32.1. The Hall–Kier alpha value is -2.38. The number of amides is 1. The predicted molar refractivity (Wildman–Crippen MR) is 101 cm³/mol. The van der Waals surface area contributed by atoms with Crippen LogP contribution in [0.25, 0.3) is 10.2 Å². The molecule has 1 fully saturated rings. The third kappa shape index (κ3) is 3.12. The van der Waals surface area contributed by atoms with E-state index >= 15 is 0 Å². The molecule has 0 bridgehead atoms. The summed E-state index contributed by atoms with van der Waals surface area (Å²) in [5.74, 6) is -0.0836. The molecule has 1 aliphatic heterocycles. The van der Waals surface area contributed by atoms with Crippen molar-refractivity contribution in [1.29, 1.82) is 0 Å². The van der Waals surface area contributed by atoms with E-state index in [0.29, 0.717) is 4.88 Å². The highest BCUT2D eigenvalue weighted by Crippen LogP contribution is 2.28. The highest BCUT2D eigenvalue weighted by molar-refractivity contribution is 7.20. The van der Waals surface area contributed by atoms with E-state index in [1.165, 1.54) is 11.3 Å². The van der Waals surface area contributed by atoms with Gasteiger partial charge in [-0.1, -0.05) is 6.07 Å². The minimum atomic E-state index is -0.0836. The number of fused-ring (bicyclic) bond motifs is 1. The molecular weight excluding hydrogens is 336 g/mol. The number of thiophene rings is 1. The molecule has 0 unspecified atom stereocenters. The van der Waals surface area contributed by atoms with Crippen LogP contribution in [-0.2, 0) is 11.8 Å². The van der Waals surface area contributed by atoms with Crippen LogP contribution in [0.3, 0.4) is 0 Å². The number of ether oxygens (including phenoxy) is 1. The lowest BCUT2D eigenvalue weighted by molar-refractivity contribution is 0.103. The number of morpholine rings is 1. The van der Waals surface area contributed by atoms with E-state index in [9.17, 15) is 4.79 Å². The maximum Gasteiger partial charge on any atom is 0.265 e. The Morgan fingerprint density at radius 2 is 2.08 bits per heavy atom. The average Bonchev–Trinajstić information content (AvgIpc) is 3.18. The summed E-state index contributed by atoms with van der Waals surface area (Å²) < 4.78 is 7.22. The van der Waals surface area contributed by atoms with E-state index < -0.39 is 0 Å². The number of nitrogens with one attached hydrogen (secondary N) is 1. The van der Waals surface area contributed by atoms with Crippen LogP contribution in [0.15, 0.2) is 30.3 Å². The second-order valence-corrected chi connectivity index (χ2v) is 7.17. The smallest absolute Gasteiger partial charge is 0.265 e. The van der Waals surface area contributed by atoms with Crippen molar-refractivity contribution in [3.05, 3.63) is 40.9 Å². The zero-order valence-electron chi connectivity index (χ0n) is 14.3. The lowest BCUT2D eigenvalue weighted by Crippen LogP contribution is -2.36. The van der Waals surface area contributed by atoms with Crippen molar-refractivity contribution in [2.24, 2.45) is 7.05 Å². The summed E-state index contributed by atoms with van der Waals surface area (Å²) in [6, 6.07) is 9.89. The SMILES string of the molecule is Cc1nn(C)c2sc(C(=O)Nc3cccc(N4CCOCC4)c3)cc12. The van der Waals surface area contributed by atoms with Crippen LogP contribution in [0.2, 0.25) is 0 Å². The highest BCUT2D eigenvalue weighted by Gasteiger charge is 2.16. The summed E-state index contributed by atoms with van der Waals surface area (Å²) in [6.45, 7) is 5.19. The van der Waals surface area contributed by atoms with E-state index in [0.717, 1.165) is 53.6 Å². The lowest BCUT2D eigenvalue weighted by atomic mass is 10.2. The first-order valence-corrected chi connectivity index (χ1v) is 9.11. The van der Waals surface area contributed by atoms with E-state index in [4.69, 9.17) is 4.74 Å². The Morgan fingerprint density at radius 1 is 1.28 bits per heavy atom. The summed E-state index contributed by atoms with van der Waals surface area (Å²) in [5.41, 5.74) is 2.86. The Balaban J connectivity index is 1.54. The van der Waals surface area contributed by atoms with Gasteiger partial charge in [-0.3, -0.25) is 9.48 Å². The van der Waals surface area contributed by atoms with Gasteiger partial charge in [0.15, 0.2) is 0 Å². The van der Waals surface area contributed by atoms with Crippen molar-refractivity contribution in [2.75, 3.05) is 36.5 Å². The van der Waals surface area contributed by atoms with E-state index in [1.54, 1.807) is 0 Å². The largest absolute Gasteiger partial charge is 0.378 e. The minimum absolute atomic E-state index is 0.0836. The Labute approximate surface area is 150 Å². The van der Waals surface area contributed by atoms with Gasteiger partial charge >= 0.3 is 0 Å². The quantitative estimate of drug-likeness (QED) is 0.784. The maximum absolute atomic E-state index is 12.6. The summed E-state index contributed by atoms with van der Waals surface area (Å²) in [6.07, 6.45) is 0. The molecule has 130 valence electrons. The molecule has 3 aromatic rings. The second kappa shape index (κ2) is 6.50. The third-order valence-electron chi connectivity index (χ3n) is 4.40. The molecule has 0 aliphatic carbocycles. The van der Waals surface area contributed by atoms with Gasteiger partial charge in [-0.25, -0.2) is 0 Å². The molecule has 1 aromatic carbocycles. The molecule has 25 heavy (non-hydrogen) atoms. The number of aryl methyl sites for hydroxylation is 2. The summed E-state index contributed by atoms with van der Waals surface area (Å²) in [5, 5.41) is 8.43. The van der Waals surface area contributed by atoms with Crippen molar-refractivity contribution in [1.82, 2.24) is 9.78 Å². The number of anilines is 2. The topological polar surface area (TPSA) is 59.4 Å². The van der Waals surface area contributed by atoms with Gasteiger partial charge in [-0.2, -0.15) is 5.10 Å². The fraction of sp³-hybridized carbons (Fsp3) is 0.333. The van der Waals surface area contributed by atoms with Crippen LogP contribution in [0.4, 0.5) is 11.4 Å². The minimum Gasteiger partial charge on any atom is -0.378 e. The molecule has 1 aliphatic rings. The van der Waals surface area contributed by atoms with Crippen LogP contribution in [0, 0.1) is 6.92 Å². The number of hydrogen-bond donors (Lipinski definition) is 1. The molecule has 0 atom stereocenters. The number of aromatic nitrogens is 2. The molecule has 3 heterocycles. The van der Waals surface area contributed by atoms with E-state index in [-0.39, 0.29) is 5.91 Å². The summed E-state index contributed by atoms with van der Waals surface area (Å²) in [4.78, 5) is 16.6. The van der Waals surface area contributed by atoms with Crippen molar-refractivity contribution in [2.45, 2.75) is 6.92 Å². The molecule has 0 spiro atoms. The number of rotatable bonds is 3. The van der Waals surface area contributed by atoms with Crippen LogP contribution in [-0.4, -0.2) is 42.0 Å². The zero-order valence-corrected chi connectivity index (χ0v) is 15.1. The number of benzene rings is 1. The molecule has 0 radical (unpaired) electrons. The van der Waals surface area contributed by atoms with Crippen LogP contribution in [0.1, 0.15) is 15.4 Å². The second-order valence-electron chi connectivity index (χ2n) is 6.14. The molecule has 1 N–H and O–H groups in total. The zero-order chi connectivity index (χ0) is 17.4. The first-order chi connectivity index (χ1) is 12.1. The molecule has 1 amide bonds. The molecule has 2 aromatic heterocycles. The van der Waals surface area contributed by atoms with Gasteiger partial charge in [0.1, 0.15) is 4.83 Å². The molecule has 7 heteroatoms. The first kappa shape index (κ1) is 16.1. The van der Waals surface area contributed by atoms with Crippen molar-refractivity contribution < 1.29 is 9.53 Å². The van der Waals surface area contributed by atoms with E-state index in [1.807, 2.05) is 42.9 Å². The number of nitrogens with zero attached hydrogens (tertiary/aromatic N) is 3. The van der Waals surface area contributed by atoms with Crippen LogP contribution in [0.5, 0.6) is 0 Å². The van der Waals surface area contributed by atoms with Crippen molar-refractivity contribution in [3.8, 4) is 0 Å². The summed E-state index contributed by atoms with van der Waals surface area (Å²) in [7, 11) is 1.90. The fourth-order valence-electron chi connectivity index (χ4n) is 3.11. The monoisotopic (exact) mass is 356 g/mol. The van der Waals surface area contributed by atoms with Gasteiger partial charge in [0, 0.05) is 36.9 Å². The first-order valence-electron chi connectivity index (χ1n) is 8.29. The summed E-state index contributed by atoms with van der Waals surface area (Å²) >= 11 is 1.47. The number of carbonyl (C=O) groups is 1.